The zero-order chi connectivity index (χ0) is 10.4. The molecule has 0 aliphatic rings. The number of thiophene rings is 1. The number of rotatable bonds is 6. The van der Waals surface area contributed by atoms with Gasteiger partial charge in [-0.25, -0.2) is 0 Å². The first kappa shape index (κ1) is 11.7. The second-order valence-electron chi connectivity index (χ2n) is 3.25. The lowest BCUT2D eigenvalue weighted by Gasteiger charge is -2.08. The van der Waals surface area contributed by atoms with Gasteiger partial charge in [-0.3, -0.25) is 0 Å². The predicted octanol–water partition coefficient (Wildman–Crippen LogP) is 2.77. The zero-order valence-corrected chi connectivity index (χ0v) is 9.64. The molecule has 0 saturated heterocycles. The van der Waals surface area contributed by atoms with E-state index in [-0.39, 0.29) is 0 Å². The van der Waals surface area contributed by atoms with E-state index >= 15 is 0 Å². The molecule has 0 aromatic carbocycles. The van der Waals surface area contributed by atoms with Crippen LogP contribution in [0.15, 0.2) is 12.1 Å². The molecule has 1 heterocycles. The summed E-state index contributed by atoms with van der Waals surface area (Å²) in [4.78, 5) is 2.33. The normalized spacial score (nSPS) is 13.1. The van der Waals surface area contributed by atoms with E-state index < -0.39 is 6.10 Å². The Kier molecular flexibility index (Phi) is 5.15. The third-order valence-electron chi connectivity index (χ3n) is 1.98. The Bertz CT molecular complexity index is 258. The monoisotopic (exact) mass is 214 g/mol. The minimum absolute atomic E-state index is 0.414. The summed E-state index contributed by atoms with van der Waals surface area (Å²) in [5.74, 6) is 0. The van der Waals surface area contributed by atoms with E-state index in [1.165, 1.54) is 4.88 Å². The highest BCUT2D eigenvalue weighted by molar-refractivity contribution is 7.12. The lowest BCUT2D eigenvalue weighted by Crippen LogP contribution is -2.06. The number of aryl methyl sites for hydroxylation is 1. The van der Waals surface area contributed by atoms with Crippen molar-refractivity contribution in [2.24, 2.45) is 0 Å². The average Bonchev–Trinajstić information content (AvgIpc) is 2.66. The summed E-state index contributed by atoms with van der Waals surface area (Å²) >= 11 is 1.67. The van der Waals surface area contributed by atoms with Crippen LogP contribution in [0.5, 0.6) is 0 Å². The zero-order valence-electron chi connectivity index (χ0n) is 8.82. The summed E-state index contributed by atoms with van der Waals surface area (Å²) in [6.07, 6.45) is 1.58. The van der Waals surface area contributed by atoms with Crippen molar-refractivity contribution in [3.63, 3.8) is 0 Å². The van der Waals surface area contributed by atoms with Crippen molar-refractivity contribution in [3.05, 3.63) is 21.9 Å². The molecule has 0 aliphatic carbocycles. The largest absolute Gasteiger partial charge is 0.385 e. The quantitative estimate of drug-likeness (QED) is 0.738. The topological polar surface area (TPSA) is 29.5 Å². The van der Waals surface area contributed by atoms with E-state index in [1.807, 2.05) is 6.07 Å². The van der Waals surface area contributed by atoms with Crippen molar-refractivity contribution in [2.75, 3.05) is 13.2 Å². The first-order valence-electron chi connectivity index (χ1n) is 5.12. The summed E-state index contributed by atoms with van der Waals surface area (Å²) in [5.41, 5.74) is 0. The number of aliphatic hydroxyl groups excluding tert-OH is 1. The average molecular weight is 214 g/mol. The maximum absolute atomic E-state index is 9.74. The van der Waals surface area contributed by atoms with Crippen molar-refractivity contribution < 1.29 is 9.84 Å². The van der Waals surface area contributed by atoms with Crippen molar-refractivity contribution in [2.45, 2.75) is 32.8 Å². The van der Waals surface area contributed by atoms with Crippen molar-refractivity contribution in [1.82, 2.24) is 0 Å². The number of hydrogen-bond donors (Lipinski definition) is 1. The molecule has 2 nitrogen and oxygen atoms in total. The van der Waals surface area contributed by atoms with Gasteiger partial charge in [0.1, 0.15) is 6.10 Å². The molecule has 80 valence electrons. The highest BCUT2D eigenvalue weighted by atomic mass is 32.1. The lowest BCUT2D eigenvalue weighted by atomic mass is 10.3. The van der Waals surface area contributed by atoms with Crippen molar-refractivity contribution in [3.8, 4) is 0 Å². The fourth-order valence-corrected chi connectivity index (χ4v) is 2.11. The van der Waals surface area contributed by atoms with Crippen LogP contribution >= 0.6 is 11.3 Å². The fourth-order valence-electron chi connectivity index (χ4n) is 1.19. The Balaban J connectivity index is 2.39. The van der Waals surface area contributed by atoms with Gasteiger partial charge in [0.25, 0.3) is 0 Å². The van der Waals surface area contributed by atoms with Crippen molar-refractivity contribution in [1.29, 1.82) is 0 Å². The van der Waals surface area contributed by atoms with E-state index in [2.05, 4.69) is 19.9 Å². The van der Waals surface area contributed by atoms with Crippen LogP contribution in [-0.4, -0.2) is 18.3 Å². The van der Waals surface area contributed by atoms with E-state index in [0.717, 1.165) is 24.3 Å². The lowest BCUT2D eigenvalue weighted by molar-refractivity contribution is 0.0382. The van der Waals surface area contributed by atoms with Crippen LogP contribution in [0.2, 0.25) is 0 Å². The Hall–Kier alpha value is -0.380. The summed E-state index contributed by atoms with van der Waals surface area (Å²) < 4.78 is 5.30. The van der Waals surface area contributed by atoms with E-state index in [9.17, 15) is 5.11 Å². The summed E-state index contributed by atoms with van der Waals surface area (Å²) in [7, 11) is 0. The van der Waals surface area contributed by atoms with Crippen LogP contribution in [0.3, 0.4) is 0 Å². The molecule has 1 N–H and O–H groups in total. The number of ether oxygens (including phenoxy) is 1. The molecular weight excluding hydrogens is 196 g/mol. The van der Waals surface area contributed by atoms with Gasteiger partial charge in [0.15, 0.2) is 0 Å². The van der Waals surface area contributed by atoms with Crippen LogP contribution in [0, 0.1) is 0 Å². The highest BCUT2D eigenvalue weighted by Gasteiger charge is 2.09. The van der Waals surface area contributed by atoms with Crippen LogP contribution in [0.1, 0.15) is 36.1 Å². The Labute approximate surface area is 89.5 Å². The second kappa shape index (κ2) is 6.17. The molecule has 0 bridgehead atoms. The van der Waals surface area contributed by atoms with Gasteiger partial charge in [-0.15, -0.1) is 11.3 Å². The minimum atomic E-state index is -0.452. The molecule has 14 heavy (non-hydrogen) atoms. The van der Waals surface area contributed by atoms with E-state index in [4.69, 9.17) is 4.74 Å². The SMILES string of the molecule is CCCOCC(O)c1ccc(CC)s1. The molecular formula is C11H18O2S. The predicted molar refractivity (Wildman–Crippen MR) is 59.8 cm³/mol. The highest BCUT2D eigenvalue weighted by Crippen LogP contribution is 2.23. The Morgan fingerprint density at radius 2 is 2.21 bits per heavy atom. The van der Waals surface area contributed by atoms with Crippen LogP contribution < -0.4 is 0 Å². The second-order valence-corrected chi connectivity index (χ2v) is 4.45. The van der Waals surface area contributed by atoms with Gasteiger partial charge in [-0.05, 0) is 25.0 Å². The summed E-state index contributed by atoms with van der Waals surface area (Å²) in [6.45, 7) is 5.32. The third-order valence-corrected chi connectivity index (χ3v) is 3.31. The molecule has 0 fully saturated rings. The maximum Gasteiger partial charge on any atom is 0.111 e. The van der Waals surface area contributed by atoms with Crippen molar-refractivity contribution >= 4 is 11.3 Å². The first-order chi connectivity index (χ1) is 6.77. The molecule has 0 radical (unpaired) electrons. The van der Waals surface area contributed by atoms with Crippen LogP contribution in [-0.2, 0) is 11.2 Å². The van der Waals surface area contributed by atoms with Gasteiger partial charge >= 0.3 is 0 Å². The maximum atomic E-state index is 9.74. The van der Waals surface area contributed by atoms with Gasteiger partial charge in [-0.2, -0.15) is 0 Å². The fraction of sp³-hybridized carbons (Fsp3) is 0.636. The van der Waals surface area contributed by atoms with E-state index in [0.29, 0.717) is 6.61 Å². The van der Waals surface area contributed by atoms with Gasteiger partial charge in [0, 0.05) is 16.4 Å². The third kappa shape index (κ3) is 3.40. The smallest absolute Gasteiger partial charge is 0.111 e. The molecule has 1 unspecified atom stereocenters. The van der Waals surface area contributed by atoms with E-state index in [1.54, 1.807) is 11.3 Å². The van der Waals surface area contributed by atoms with Gasteiger partial charge < -0.3 is 9.84 Å². The standard InChI is InChI=1S/C11H18O2S/c1-3-7-13-8-10(12)11-6-5-9(4-2)14-11/h5-6,10,12H,3-4,7-8H2,1-2H3. The Morgan fingerprint density at radius 1 is 1.43 bits per heavy atom. The number of hydrogen-bond acceptors (Lipinski definition) is 3. The molecule has 0 aliphatic heterocycles. The van der Waals surface area contributed by atoms with Gasteiger partial charge in [0.05, 0.1) is 6.61 Å². The van der Waals surface area contributed by atoms with Crippen LogP contribution in [0.4, 0.5) is 0 Å². The van der Waals surface area contributed by atoms with Crippen LogP contribution in [0.25, 0.3) is 0 Å². The Morgan fingerprint density at radius 3 is 2.79 bits per heavy atom. The molecule has 0 spiro atoms. The first-order valence-corrected chi connectivity index (χ1v) is 5.94. The number of aliphatic hydroxyl groups is 1. The van der Waals surface area contributed by atoms with Gasteiger partial charge in [-0.1, -0.05) is 13.8 Å². The molecule has 1 aromatic rings. The van der Waals surface area contributed by atoms with Gasteiger partial charge in [0.2, 0.25) is 0 Å². The minimum Gasteiger partial charge on any atom is -0.385 e. The summed E-state index contributed by atoms with van der Waals surface area (Å²) in [6, 6.07) is 4.06. The molecule has 3 heteroatoms. The molecule has 1 atom stereocenters. The molecule has 0 saturated carbocycles. The molecule has 1 rings (SSSR count). The molecule has 1 aromatic heterocycles. The summed E-state index contributed by atoms with van der Waals surface area (Å²) in [5, 5.41) is 9.74. The molecule has 0 amide bonds.